The van der Waals surface area contributed by atoms with E-state index in [9.17, 15) is 4.79 Å². The Balaban J connectivity index is 1.71. The minimum Gasteiger partial charge on any atom is -0.340 e. The van der Waals surface area contributed by atoms with Crippen molar-refractivity contribution in [1.29, 1.82) is 0 Å². The summed E-state index contributed by atoms with van der Waals surface area (Å²) in [5.74, 6) is 1.12. The van der Waals surface area contributed by atoms with Gasteiger partial charge in [-0.2, -0.15) is 4.68 Å². The SMILES string of the molecule is CC(=O)N1CCN(C2(c3nnnn3-c3ccccc3C)CCCCC2)CC1. The lowest BCUT2D eigenvalue weighted by Gasteiger charge is -2.48. The number of rotatable bonds is 3. The summed E-state index contributed by atoms with van der Waals surface area (Å²) in [4.78, 5) is 16.2. The Kier molecular flexibility index (Phi) is 4.95. The van der Waals surface area contributed by atoms with E-state index in [0.29, 0.717) is 0 Å². The predicted molar refractivity (Wildman–Crippen MR) is 102 cm³/mol. The number of amides is 1. The van der Waals surface area contributed by atoms with Crippen LogP contribution >= 0.6 is 0 Å². The summed E-state index contributed by atoms with van der Waals surface area (Å²) in [5, 5.41) is 13.0. The molecule has 4 rings (SSSR count). The maximum Gasteiger partial charge on any atom is 0.219 e. The molecular formula is C20H28N6O. The van der Waals surface area contributed by atoms with Gasteiger partial charge in [-0.3, -0.25) is 9.69 Å². The third-order valence-corrected chi connectivity index (χ3v) is 6.24. The van der Waals surface area contributed by atoms with E-state index in [1.807, 2.05) is 21.7 Å². The molecular weight excluding hydrogens is 340 g/mol. The van der Waals surface area contributed by atoms with Crippen LogP contribution in [0.5, 0.6) is 0 Å². The Morgan fingerprint density at radius 3 is 2.41 bits per heavy atom. The fourth-order valence-electron chi connectivity index (χ4n) is 4.71. The van der Waals surface area contributed by atoms with Gasteiger partial charge >= 0.3 is 0 Å². The molecule has 2 fully saturated rings. The van der Waals surface area contributed by atoms with Crippen molar-refractivity contribution in [3.05, 3.63) is 35.7 Å². The number of benzene rings is 1. The van der Waals surface area contributed by atoms with Crippen LogP contribution in [0.4, 0.5) is 0 Å². The van der Waals surface area contributed by atoms with Gasteiger partial charge < -0.3 is 4.90 Å². The van der Waals surface area contributed by atoms with E-state index in [2.05, 4.69) is 39.5 Å². The molecule has 0 bridgehead atoms. The van der Waals surface area contributed by atoms with Gasteiger partial charge in [-0.1, -0.05) is 37.5 Å². The minimum absolute atomic E-state index is 0.146. The molecule has 1 amide bonds. The zero-order valence-corrected chi connectivity index (χ0v) is 16.3. The molecule has 7 nitrogen and oxygen atoms in total. The average Bonchev–Trinajstić information content (AvgIpc) is 3.19. The molecule has 1 aromatic carbocycles. The summed E-state index contributed by atoms with van der Waals surface area (Å²) in [6.07, 6.45) is 5.78. The Morgan fingerprint density at radius 1 is 1.04 bits per heavy atom. The highest BCUT2D eigenvalue weighted by molar-refractivity contribution is 5.73. The number of hydrogen-bond donors (Lipinski definition) is 0. The fraction of sp³-hybridized carbons (Fsp3) is 0.600. The van der Waals surface area contributed by atoms with Gasteiger partial charge in [-0.25, -0.2) is 0 Å². The van der Waals surface area contributed by atoms with Crippen molar-refractivity contribution in [3.63, 3.8) is 0 Å². The van der Waals surface area contributed by atoms with Gasteiger partial charge in [0, 0.05) is 33.1 Å². The zero-order valence-electron chi connectivity index (χ0n) is 16.3. The van der Waals surface area contributed by atoms with E-state index in [1.165, 1.54) is 24.8 Å². The molecule has 2 aliphatic rings. The number of para-hydroxylation sites is 1. The van der Waals surface area contributed by atoms with E-state index < -0.39 is 0 Å². The minimum atomic E-state index is -0.146. The first kappa shape index (κ1) is 18.1. The number of nitrogens with zero attached hydrogens (tertiary/aromatic N) is 6. The van der Waals surface area contributed by atoms with Crippen LogP contribution in [0, 0.1) is 6.92 Å². The quantitative estimate of drug-likeness (QED) is 0.832. The lowest BCUT2D eigenvalue weighted by Crippen LogP contribution is -2.57. The Labute approximate surface area is 160 Å². The predicted octanol–water partition coefficient (Wildman–Crippen LogP) is 2.29. The molecule has 2 aromatic rings. The largest absolute Gasteiger partial charge is 0.340 e. The van der Waals surface area contributed by atoms with Crippen LogP contribution in [0.1, 0.15) is 50.4 Å². The van der Waals surface area contributed by atoms with Crippen molar-refractivity contribution in [2.24, 2.45) is 0 Å². The maximum atomic E-state index is 11.7. The van der Waals surface area contributed by atoms with Crippen LogP contribution in [0.3, 0.4) is 0 Å². The van der Waals surface area contributed by atoms with Crippen molar-refractivity contribution in [1.82, 2.24) is 30.0 Å². The Hall–Kier alpha value is -2.28. The van der Waals surface area contributed by atoms with Gasteiger partial charge in [0.1, 0.15) is 0 Å². The molecule has 1 aliphatic heterocycles. The number of carbonyl (C=O) groups excluding carboxylic acids is 1. The monoisotopic (exact) mass is 368 g/mol. The molecule has 144 valence electrons. The highest BCUT2D eigenvalue weighted by Crippen LogP contribution is 2.42. The van der Waals surface area contributed by atoms with Gasteiger partial charge in [0.2, 0.25) is 5.91 Å². The van der Waals surface area contributed by atoms with Gasteiger partial charge in [-0.15, -0.1) is 5.10 Å². The van der Waals surface area contributed by atoms with Gasteiger partial charge in [0.15, 0.2) is 5.82 Å². The maximum absolute atomic E-state index is 11.7. The number of aromatic nitrogens is 4. The summed E-state index contributed by atoms with van der Waals surface area (Å²) < 4.78 is 1.94. The third kappa shape index (κ3) is 3.25. The summed E-state index contributed by atoms with van der Waals surface area (Å²) in [7, 11) is 0. The molecule has 0 spiro atoms. The second kappa shape index (κ2) is 7.38. The third-order valence-electron chi connectivity index (χ3n) is 6.24. The lowest BCUT2D eigenvalue weighted by atomic mass is 9.79. The van der Waals surface area contributed by atoms with E-state index >= 15 is 0 Å². The van der Waals surface area contributed by atoms with Crippen LogP contribution in [-0.2, 0) is 10.3 Å². The summed E-state index contributed by atoms with van der Waals surface area (Å²) in [6, 6.07) is 8.26. The Bertz CT molecular complexity index is 802. The highest BCUT2D eigenvalue weighted by Gasteiger charge is 2.45. The van der Waals surface area contributed by atoms with Crippen molar-refractivity contribution in [2.45, 2.75) is 51.5 Å². The zero-order chi connectivity index (χ0) is 18.9. The van der Waals surface area contributed by atoms with Gasteiger partial charge in [0.25, 0.3) is 0 Å². The molecule has 1 saturated heterocycles. The second-order valence-electron chi connectivity index (χ2n) is 7.79. The number of hydrogen-bond acceptors (Lipinski definition) is 5. The lowest BCUT2D eigenvalue weighted by molar-refractivity contribution is -0.132. The van der Waals surface area contributed by atoms with Gasteiger partial charge in [0.05, 0.1) is 11.2 Å². The van der Waals surface area contributed by atoms with Crippen molar-refractivity contribution < 1.29 is 4.79 Å². The molecule has 1 aliphatic carbocycles. The number of tetrazole rings is 1. The normalized spacial score (nSPS) is 20.6. The first-order valence-electron chi connectivity index (χ1n) is 9.97. The molecule has 2 heterocycles. The first-order chi connectivity index (χ1) is 13.1. The van der Waals surface area contributed by atoms with Gasteiger partial charge in [-0.05, 0) is 41.8 Å². The van der Waals surface area contributed by atoms with Crippen LogP contribution in [-0.4, -0.2) is 62.1 Å². The topological polar surface area (TPSA) is 67.2 Å². The Morgan fingerprint density at radius 2 is 1.74 bits per heavy atom. The molecule has 0 radical (unpaired) electrons. The van der Waals surface area contributed by atoms with Crippen LogP contribution < -0.4 is 0 Å². The van der Waals surface area contributed by atoms with Crippen molar-refractivity contribution in [2.75, 3.05) is 26.2 Å². The smallest absolute Gasteiger partial charge is 0.219 e. The second-order valence-corrected chi connectivity index (χ2v) is 7.79. The molecule has 0 atom stereocenters. The average molecular weight is 368 g/mol. The van der Waals surface area contributed by atoms with Crippen LogP contribution in [0.25, 0.3) is 5.69 Å². The molecule has 1 aromatic heterocycles. The van der Waals surface area contributed by atoms with Crippen LogP contribution in [0.15, 0.2) is 24.3 Å². The number of aryl methyl sites for hydroxylation is 1. The first-order valence-corrected chi connectivity index (χ1v) is 9.97. The van der Waals surface area contributed by atoms with E-state index in [4.69, 9.17) is 0 Å². The van der Waals surface area contributed by atoms with Crippen molar-refractivity contribution in [3.8, 4) is 5.69 Å². The summed E-state index contributed by atoms with van der Waals surface area (Å²) in [6.45, 7) is 7.07. The number of carbonyl (C=O) groups is 1. The van der Waals surface area contributed by atoms with Crippen LogP contribution in [0.2, 0.25) is 0 Å². The molecule has 0 unspecified atom stereocenters. The standard InChI is InChI=1S/C20H28N6O/c1-16-8-4-5-9-18(16)26-19(21-22-23-26)20(10-6-3-7-11-20)25-14-12-24(13-15-25)17(2)27/h4-5,8-9H,3,6-7,10-15H2,1-2H3. The van der Waals surface area contributed by atoms with E-state index in [0.717, 1.165) is 50.5 Å². The summed E-state index contributed by atoms with van der Waals surface area (Å²) in [5.41, 5.74) is 2.07. The van der Waals surface area contributed by atoms with Crippen molar-refractivity contribution >= 4 is 5.91 Å². The fourth-order valence-corrected chi connectivity index (χ4v) is 4.71. The molecule has 0 N–H and O–H groups in total. The summed E-state index contributed by atoms with van der Waals surface area (Å²) >= 11 is 0. The number of piperazine rings is 1. The highest BCUT2D eigenvalue weighted by atomic mass is 16.2. The molecule has 1 saturated carbocycles. The van der Waals surface area contributed by atoms with E-state index in [1.54, 1.807) is 6.92 Å². The van der Waals surface area contributed by atoms with E-state index in [-0.39, 0.29) is 11.4 Å². The molecule has 27 heavy (non-hydrogen) atoms. The molecule has 7 heteroatoms.